The summed E-state index contributed by atoms with van der Waals surface area (Å²) in [6.07, 6.45) is 3.40. The van der Waals surface area contributed by atoms with E-state index in [0.717, 1.165) is 24.8 Å². The summed E-state index contributed by atoms with van der Waals surface area (Å²) in [6, 6.07) is 7.60. The Morgan fingerprint density at radius 1 is 1.17 bits per heavy atom. The Kier molecular flexibility index (Phi) is 5.86. The third-order valence-corrected chi connectivity index (χ3v) is 4.75. The second-order valence-electron chi connectivity index (χ2n) is 7.04. The van der Waals surface area contributed by atoms with Crippen molar-refractivity contribution in [1.82, 2.24) is 5.32 Å². The van der Waals surface area contributed by atoms with E-state index in [9.17, 15) is 9.59 Å². The second kappa shape index (κ2) is 7.69. The van der Waals surface area contributed by atoms with Gasteiger partial charge in [-0.25, -0.2) is 0 Å². The average molecular weight is 332 g/mol. The van der Waals surface area contributed by atoms with Gasteiger partial charge in [0.25, 0.3) is 5.91 Å². The molecule has 0 saturated heterocycles. The van der Waals surface area contributed by atoms with Crippen molar-refractivity contribution in [1.29, 1.82) is 0 Å². The molecular formula is C19H28N2O3. The number of ether oxygens (including phenoxy) is 1. The predicted molar refractivity (Wildman–Crippen MR) is 93.6 cm³/mol. The first-order valence-electron chi connectivity index (χ1n) is 8.70. The summed E-state index contributed by atoms with van der Waals surface area (Å²) in [5, 5.41) is 2.91. The standard InChI is InChI=1S/C19H28N2O3/c1-13(2)16(24-15-10-6-5-9-14(15)3)17(22)21-19(18(20)23)11-7-4-8-12-19/h5-6,9-10,13,16H,4,7-8,11-12H2,1-3H3,(H2,20,23)(H,21,22). The molecule has 1 aliphatic rings. The number of primary amides is 1. The fourth-order valence-corrected chi connectivity index (χ4v) is 3.21. The molecular weight excluding hydrogens is 304 g/mol. The summed E-state index contributed by atoms with van der Waals surface area (Å²) < 4.78 is 5.97. The lowest BCUT2D eigenvalue weighted by Crippen LogP contribution is -2.61. The SMILES string of the molecule is Cc1ccccc1OC(C(=O)NC1(C(N)=O)CCCCC1)C(C)C. The molecule has 0 heterocycles. The molecule has 1 unspecified atom stereocenters. The number of hydrogen-bond donors (Lipinski definition) is 2. The van der Waals surface area contributed by atoms with Gasteiger partial charge in [-0.3, -0.25) is 9.59 Å². The molecule has 0 bridgehead atoms. The van der Waals surface area contributed by atoms with Gasteiger partial charge in [-0.05, 0) is 37.3 Å². The summed E-state index contributed by atoms with van der Waals surface area (Å²) in [5.74, 6) is -0.0656. The highest BCUT2D eigenvalue weighted by molar-refractivity contribution is 5.92. The van der Waals surface area contributed by atoms with Crippen molar-refractivity contribution in [3.8, 4) is 5.75 Å². The fourth-order valence-electron chi connectivity index (χ4n) is 3.21. The van der Waals surface area contributed by atoms with Crippen LogP contribution in [0.5, 0.6) is 5.75 Å². The van der Waals surface area contributed by atoms with E-state index in [-0.39, 0.29) is 11.8 Å². The van der Waals surface area contributed by atoms with Crippen molar-refractivity contribution in [2.24, 2.45) is 11.7 Å². The van der Waals surface area contributed by atoms with E-state index < -0.39 is 17.6 Å². The number of carbonyl (C=O) groups is 2. The molecule has 24 heavy (non-hydrogen) atoms. The Bertz CT molecular complexity index is 592. The molecule has 1 aromatic rings. The lowest BCUT2D eigenvalue weighted by atomic mass is 9.80. The van der Waals surface area contributed by atoms with Crippen LogP contribution in [0.4, 0.5) is 0 Å². The molecule has 1 atom stereocenters. The molecule has 0 radical (unpaired) electrons. The molecule has 0 aliphatic heterocycles. The topological polar surface area (TPSA) is 81.4 Å². The second-order valence-corrected chi connectivity index (χ2v) is 7.04. The smallest absolute Gasteiger partial charge is 0.262 e. The first-order chi connectivity index (χ1) is 11.4. The van der Waals surface area contributed by atoms with E-state index in [0.29, 0.717) is 18.6 Å². The molecule has 5 nitrogen and oxygen atoms in total. The number of carbonyl (C=O) groups excluding carboxylic acids is 2. The van der Waals surface area contributed by atoms with Crippen molar-refractivity contribution in [3.63, 3.8) is 0 Å². The highest BCUT2D eigenvalue weighted by atomic mass is 16.5. The minimum absolute atomic E-state index is 0.0295. The number of rotatable bonds is 6. The van der Waals surface area contributed by atoms with Crippen molar-refractivity contribution in [3.05, 3.63) is 29.8 Å². The molecule has 0 aromatic heterocycles. The Labute approximate surface area is 143 Å². The molecule has 2 amide bonds. The lowest BCUT2D eigenvalue weighted by molar-refractivity contribution is -0.138. The van der Waals surface area contributed by atoms with Crippen LogP contribution in [0.3, 0.4) is 0 Å². The van der Waals surface area contributed by atoms with Gasteiger partial charge < -0.3 is 15.8 Å². The first-order valence-corrected chi connectivity index (χ1v) is 8.70. The zero-order valence-electron chi connectivity index (χ0n) is 14.8. The van der Waals surface area contributed by atoms with Gasteiger partial charge in [-0.2, -0.15) is 0 Å². The van der Waals surface area contributed by atoms with E-state index in [4.69, 9.17) is 10.5 Å². The molecule has 132 valence electrons. The van der Waals surface area contributed by atoms with Gasteiger partial charge >= 0.3 is 0 Å². The zero-order valence-corrected chi connectivity index (χ0v) is 14.8. The maximum Gasteiger partial charge on any atom is 0.262 e. The number of hydrogen-bond acceptors (Lipinski definition) is 3. The normalized spacial score (nSPS) is 18.0. The van der Waals surface area contributed by atoms with Crippen LogP contribution in [0.2, 0.25) is 0 Å². The molecule has 1 saturated carbocycles. The van der Waals surface area contributed by atoms with Crippen LogP contribution in [0.1, 0.15) is 51.5 Å². The maximum atomic E-state index is 12.8. The zero-order chi connectivity index (χ0) is 17.7. The summed E-state index contributed by atoms with van der Waals surface area (Å²) in [5.41, 5.74) is 5.65. The van der Waals surface area contributed by atoms with Gasteiger partial charge in [0.2, 0.25) is 5.91 Å². The quantitative estimate of drug-likeness (QED) is 0.840. The predicted octanol–water partition coefficient (Wildman–Crippen LogP) is 2.70. The van der Waals surface area contributed by atoms with Crippen molar-refractivity contribution < 1.29 is 14.3 Å². The van der Waals surface area contributed by atoms with E-state index in [1.54, 1.807) is 0 Å². The lowest BCUT2D eigenvalue weighted by Gasteiger charge is -2.36. The van der Waals surface area contributed by atoms with Crippen LogP contribution in [0.15, 0.2) is 24.3 Å². The van der Waals surface area contributed by atoms with Crippen LogP contribution in [0.25, 0.3) is 0 Å². The van der Waals surface area contributed by atoms with E-state index >= 15 is 0 Å². The van der Waals surface area contributed by atoms with Gasteiger partial charge in [0.05, 0.1) is 0 Å². The van der Waals surface area contributed by atoms with E-state index in [1.807, 2.05) is 45.0 Å². The van der Waals surface area contributed by atoms with Gasteiger partial charge in [-0.1, -0.05) is 51.3 Å². The van der Waals surface area contributed by atoms with Gasteiger partial charge in [0.1, 0.15) is 11.3 Å². The van der Waals surface area contributed by atoms with Gasteiger partial charge in [0.15, 0.2) is 6.10 Å². The molecule has 5 heteroatoms. The van der Waals surface area contributed by atoms with Crippen molar-refractivity contribution in [2.75, 3.05) is 0 Å². The molecule has 0 spiro atoms. The third kappa shape index (κ3) is 4.08. The van der Waals surface area contributed by atoms with Crippen LogP contribution in [-0.4, -0.2) is 23.5 Å². The molecule has 1 fully saturated rings. The molecule has 2 rings (SSSR count). The van der Waals surface area contributed by atoms with Crippen molar-refractivity contribution >= 4 is 11.8 Å². The Morgan fingerprint density at radius 2 is 1.79 bits per heavy atom. The molecule has 1 aliphatic carbocycles. The van der Waals surface area contributed by atoms with Crippen LogP contribution in [0, 0.1) is 12.8 Å². The summed E-state index contributed by atoms with van der Waals surface area (Å²) in [6.45, 7) is 5.80. The highest BCUT2D eigenvalue weighted by Crippen LogP contribution is 2.29. The number of benzene rings is 1. The number of para-hydroxylation sites is 1. The summed E-state index contributed by atoms with van der Waals surface area (Å²) in [4.78, 5) is 24.8. The highest BCUT2D eigenvalue weighted by Gasteiger charge is 2.41. The minimum Gasteiger partial charge on any atom is -0.480 e. The maximum absolute atomic E-state index is 12.8. The number of nitrogens with one attached hydrogen (secondary N) is 1. The number of nitrogens with two attached hydrogens (primary N) is 1. The van der Waals surface area contributed by atoms with E-state index in [2.05, 4.69) is 5.32 Å². The van der Waals surface area contributed by atoms with Crippen LogP contribution < -0.4 is 15.8 Å². The van der Waals surface area contributed by atoms with Crippen LogP contribution >= 0.6 is 0 Å². The Balaban J connectivity index is 2.16. The fraction of sp³-hybridized carbons (Fsp3) is 0.579. The number of amides is 2. The minimum atomic E-state index is -0.933. The largest absolute Gasteiger partial charge is 0.480 e. The Morgan fingerprint density at radius 3 is 2.33 bits per heavy atom. The molecule has 3 N–H and O–H groups in total. The summed E-state index contributed by atoms with van der Waals surface area (Å²) >= 11 is 0. The Hall–Kier alpha value is -2.04. The monoisotopic (exact) mass is 332 g/mol. The van der Waals surface area contributed by atoms with Crippen LogP contribution in [-0.2, 0) is 9.59 Å². The van der Waals surface area contributed by atoms with E-state index in [1.165, 1.54) is 0 Å². The molecule has 1 aromatic carbocycles. The van der Waals surface area contributed by atoms with Gasteiger partial charge in [-0.15, -0.1) is 0 Å². The number of aryl methyl sites for hydroxylation is 1. The summed E-state index contributed by atoms with van der Waals surface area (Å²) in [7, 11) is 0. The average Bonchev–Trinajstić information content (AvgIpc) is 2.54. The van der Waals surface area contributed by atoms with Gasteiger partial charge in [0, 0.05) is 0 Å². The third-order valence-electron chi connectivity index (χ3n) is 4.75. The van der Waals surface area contributed by atoms with Crippen molar-refractivity contribution in [2.45, 2.75) is 64.5 Å². The first kappa shape index (κ1) is 18.3.